The standard InChI is InChI=1S/C19H24N4O3/c1-19(2)14(12-17(24)23(19)3)18(25)20-10-9-16-21-15(22-26-16)11-13-7-5-4-6-8-13/h4-8,14H,9-12H2,1-3H3,(H,20,25). The number of carbonyl (C=O) groups is 2. The molecule has 0 spiro atoms. The van der Waals surface area contributed by atoms with Crippen LogP contribution in [0.3, 0.4) is 0 Å². The molecule has 3 rings (SSSR count). The van der Waals surface area contributed by atoms with Gasteiger partial charge in [-0.25, -0.2) is 0 Å². The van der Waals surface area contributed by atoms with E-state index in [0.29, 0.717) is 31.1 Å². The van der Waals surface area contributed by atoms with Gasteiger partial charge in [-0.2, -0.15) is 4.98 Å². The zero-order valence-electron chi connectivity index (χ0n) is 15.4. The largest absolute Gasteiger partial charge is 0.355 e. The first-order chi connectivity index (χ1) is 12.4. The molecule has 1 N–H and O–H groups in total. The molecule has 1 aromatic carbocycles. The van der Waals surface area contributed by atoms with Crippen molar-refractivity contribution in [2.75, 3.05) is 13.6 Å². The third kappa shape index (κ3) is 3.76. The molecule has 0 aliphatic carbocycles. The molecule has 1 fully saturated rings. The molecule has 1 unspecified atom stereocenters. The van der Waals surface area contributed by atoms with Gasteiger partial charge < -0.3 is 14.7 Å². The summed E-state index contributed by atoms with van der Waals surface area (Å²) in [6, 6.07) is 9.93. The number of nitrogens with zero attached hydrogens (tertiary/aromatic N) is 3. The van der Waals surface area contributed by atoms with E-state index in [1.165, 1.54) is 0 Å². The quantitative estimate of drug-likeness (QED) is 0.849. The van der Waals surface area contributed by atoms with Crippen LogP contribution in [0.25, 0.3) is 0 Å². The Hall–Kier alpha value is -2.70. The number of benzene rings is 1. The van der Waals surface area contributed by atoms with Crippen LogP contribution in [0, 0.1) is 5.92 Å². The highest BCUT2D eigenvalue weighted by atomic mass is 16.5. The van der Waals surface area contributed by atoms with E-state index in [2.05, 4.69) is 15.5 Å². The van der Waals surface area contributed by atoms with Crippen molar-refractivity contribution in [2.45, 2.75) is 38.6 Å². The molecule has 1 atom stereocenters. The number of aromatic nitrogens is 2. The zero-order valence-corrected chi connectivity index (χ0v) is 15.4. The summed E-state index contributed by atoms with van der Waals surface area (Å²) >= 11 is 0. The Bertz CT molecular complexity index is 785. The van der Waals surface area contributed by atoms with Gasteiger partial charge in [0.15, 0.2) is 5.82 Å². The second-order valence-corrected chi connectivity index (χ2v) is 7.17. The first-order valence-electron chi connectivity index (χ1n) is 8.77. The average Bonchev–Trinajstić information content (AvgIpc) is 3.13. The number of hydrogen-bond donors (Lipinski definition) is 1. The van der Waals surface area contributed by atoms with E-state index >= 15 is 0 Å². The van der Waals surface area contributed by atoms with Gasteiger partial charge in [0.25, 0.3) is 0 Å². The van der Waals surface area contributed by atoms with Gasteiger partial charge in [-0.1, -0.05) is 35.5 Å². The molecule has 7 heteroatoms. The first kappa shape index (κ1) is 18.1. The van der Waals surface area contributed by atoms with Crippen LogP contribution in [0.2, 0.25) is 0 Å². The predicted molar refractivity (Wildman–Crippen MR) is 95.2 cm³/mol. The lowest BCUT2D eigenvalue weighted by molar-refractivity contribution is -0.128. The molecular formula is C19H24N4O3. The summed E-state index contributed by atoms with van der Waals surface area (Å²) in [6.07, 6.45) is 1.32. The topological polar surface area (TPSA) is 88.3 Å². The molecule has 26 heavy (non-hydrogen) atoms. The maximum atomic E-state index is 12.4. The molecule has 2 heterocycles. The Balaban J connectivity index is 1.49. The monoisotopic (exact) mass is 356 g/mol. The summed E-state index contributed by atoms with van der Waals surface area (Å²) in [7, 11) is 1.74. The lowest BCUT2D eigenvalue weighted by Gasteiger charge is -2.32. The number of hydrogen-bond acceptors (Lipinski definition) is 5. The van der Waals surface area contributed by atoms with E-state index in [1.807, 2.05) is 44.2 Å². The van der Waals surface area contributed by atoms with Gasteiger partial charge in [-0.3, -0.25) is 9.59 Å². The van der Waals surface area contributed by atoms with Crippen molar-refractivity contribution >= 4 is 11.8 Å². The highest BCUT2D eigenvalue weighted by molar-refractivity contribution is 5.90. The third-order valence-corrected chi connectivity index (χ3v) is 5.14. The van der Waals surface area contributed by atoms with E-state index in [0.717, 1.165) is 5.56 Å². The number of carbonyl (C=O) groups excluding carboxylic acids is 2. The van der Waals surface area contributed by atoms with Gasteiger partial charge >= 0.3 is 0 Å². The number of likely N-dealkylation sites (tertiary alicyclic amines) is 1. The summed E-state index contributed by atoms with van der Waals surface area (Å²) in [6.45, 7) is 4.22. The highest BCUT2D eigenvalue weighted by Crippen LogP contribution is 2.34. The van der Waals surface area contributed by atoms with Gasteiger partial charge in [0.05, 0.1) is 5.92 Å². The molecule has 0 bridgehead atoms. The Kier molecular flexibility index (Phi) is 5.06. The van der Waals surface area contributed by atoms with Crippen LogP contribution in [-0.4, -0.2) is 46.0 Å². The average molecular weight is 356 g/mol. The van der Waals surface area contributed by atoms with Gasteiger partial charge in [0.1, 0.15) is 0 Å². The molecule has 1 aliphatic rings. The minimum atomic E-state index is -0.478. The molecule has 1 aliphatic heterocycles. The summed E-state index contributed by atoms with van der Waals surface area (Å²) in [5.41, 5.74) is 0.638. The SMILES string of the molecule is CN1C(=O)CC(C(=O)NCCc2nc(Cc3ccccc3)no2)C1(C)C. The number of amides is 2. The van der Waals surface area contributed by atoms with Crippen molar-refractivity contribution in [3.63, 3.8) is 0 Å². The van der Waals surface area contributed by atoms with Crippen LogP contribution in [0.1, 0.15) is 37.5 Å². The molecule has 1 aromatic heterocycles. The molecule has 2 amide bonds. The molecular weight excluding hydrogens is 332 g/mol. The molecule has 7 nitrogen and oxygen atoms in total. The second kappa shape index (κ2) is 7.27. The van der Waals surface area contributed by atoms with Crippen LogP contribution in [0.4, 0.5) is 0 Å². The Morgan fingerprint density at radius 1 is 1.35 bits per heavy atom. The minimum Gasteiger partial charge on any atom is -0.355 e. The molecule has 0 radical (unpaired) electrons. The van der Waals surface area contributed by atoms with E-state index < -0.39 is 5.54 Å². The van der Waals surface area contributed by atoms with Crippen LogP contribution in [-0.2, 0) is 22.4 Å². The summed E-state index contributed by atoms with van der Waals surface area (Å²) < 4.78 is 5.24. The zero-order chi connectivity index (χ0) is 18.7. The van der Waals surface area contributed by atoms with Crippen molar-refractivity contribution < 1.29 is 14.1 Å². The van der Waals surface area contributed by atoms with Crippen molar-refractivity contribution in [1.82, 2.24) is 20.4 Å². The summed E-state index contributed by atoms with van der Waals surface area (Å²) in [4.78, 5) is 30.3. The van der Waals surface area contributed by atoms with Gasteiger partial charge in [0, 0.05) is 38.4 Å². The number of rotatable bonds is 6. The van der Waals surface area contributed by atoms with E-state index in [-0.39, 0.29) is 24.2 Å². The Morgan fingerprint density at radius 2 is 2.08 bits per heavy atom. The number of nitrogens with one attached hydrogen (secondary N) is 1. The van der Waals surface area contributed by atoms with Crippen molar-refractivity contribution in [2.24, 2.45) is 5.92 Å². The summed E-state index contributed by atoms with van der Waals surface area (Å²) in [5, 5.41) is 6.86. The molecule has 2 aromatic rings. The lowest BCUT2D eigenvalue weighted by Crippen LogP contribution is -2.47. The molecule has 1 saturated heterocycles. The van der Waals surface area contributed by atoms with E-state index in [1.54, 1.807) is 11.9 Å². The van der Waals surface area contributed by atoms with Crippen LogP contribution < -0.4 is 5.32 Å². The Morgan fingerprint density at radius 3 is 2.73 bits per heavy atom. The van der Waals surface area contributed by atoms with Crippen LogP contribution in [0.15, 0.2) is 34.9 Å². The normalized spacial score (nSPS) is 19.0. The van der Waals surface area contributed by atoms with E-state index in [4.69, 9.17) is 4.52 Å². The maximum Gasteiger partial charge on any atom is 0.228 e. The fourth-order valence-electron chi connectivity index (χ4n) is 3.19. The third-order valence-electron chi connectivity index (χ3n) is 5.14. The first-order valence-corrected chi connectivity index (χ1v) is 8.77. The maximum absolute atomic E-state index is 12.4. The lowest BCUT2D eigenvalue weighted by atomic mass is 9.88. The highest BCUT2D eigenvalue weighted by Gasteiger charge is 2.47. The van der Waals surface area contributed by atoms with Gasteiger partial charge in [-0.15, -0.1) is 0 Å². The van der Waals surface area contributed by atoms with Crippen molar-refractivity contribution in [1.29, 1.82) is 0 Å². The van der Waals surface area contributed by atoms with E-state index in [9.17, 15) is 9.59 Å². The van der Waals surface area contributed by atoms with Gasteiger partial charge in [-0.05, 0) is 19.4 Å². The van der Waals surface area contributed by atoms with Crippen molar-refractivity contribution in [3.8, 4) is 0 Å². The summed E-state index contributed by atoms with van der Waals surface area (Å²) in [5.74, 6) is 0.655. The predicted octanol–water partition coefficient (Wildman–Crippen LogP) is 1.58. The second-order valence-electron chi connectivity index (χ2n) is 7.17. The minimum absolute atomic E-state index is 0.00222. The van der Waals surface area contributed by atoms with Crippen LogP contribution >= 0.6 is 0 Å². The smallest absolute Gasteiger partial charge is 0.228 e. The fraction of sp³-hybridized carbons (Fsp3) is 0.474. The Labute approximate surface area is 152 Å². The van der Waals surface area contributed by atoms with Crippen LogP contribution in [0.5, 0.6) is 0 Å². The van der Waals surface area contributed by atoms with Gasteiger partial charge in [0.2, 0.25) is 17.7 Å². The molecule has 138 valence electrons. The molecule has 0 saturated carbocycles. The fourth-order valence-corrected chi connectivity index (χ4v) is 3.19. The van der Waals surface area contributed by atoms with Crippen molar-refractivity contribution in [3.05, 3.63) is 47.6 Å².